The highest BCUT2D eigenvalue weighted by Gasteiger charge is 2.41. The van der Waals surface area contributed by atoms with Crippen LogP contribution in [-0.2, 0) is 15.2 Å². The van der Waals surface area contributed by atoms with Gasteiger partial charge in [-0.05, 0) is 55.3 Å². The molecule has 2 amide bonds. The molecular formula is C29H26N2O4. The Labute approximate surface area is 204 Å². The summed E-state index contributed by atoms with van der Waals surface area (Å²) in [6, 6.07) is 26.3. The van der Waals surface area contributed by atoms with Crippen molar-refractivity contribution in [3.05, 3.63) is 131 Å². The maximum atomic E-state index is 13.8. The van der Waals surface area contributed by atoms with Crippen LogP contribution in [0.5, 0.6) is 0 Å². The van der Waals surface area contributed by atoms with Crippen molar-refractivity contribution < 1.29 is 19.1 Å². The number of hydrogen-bond acceptors (Lipinski definition) is 4. The summed E-state index contributed by atoms with van der Waals surface area (Å²) in [5.74, 6) is -0.793. The third-order valence-electron chi connectivity index (χ3n) is 5.65. The van der Waals surface area contributed by atoms with Crippen LogP contribution in [0.25, 0.3) is 6.08 Å². The van der Waals surface area contributed by atoms with Crippen molar-refractivity contribution in [2.24, 2.45) is 0 Å². The van der Waals surface area contributed by atoms with Crippen molar-refractivity contribution in [2.75, 3.05) is 5.01 Å². The Morgan fingerprint density at radius 3 is 1.91 bits per heavy atom. The van der Waals surface area contributed by atoms with Gasteiger partial charge in [0.2, 0.25) is 0 Å². The first-order valence-electron chi connectivity index (χ1n) is 11.2. The zero-order valence-electron chi connectivity index (χ0n) is 19.5. The molecule has 1 heterocycles. The molecule has 4 rings (SSSR count). The van der Waals surface area contributed by atoms with Crippen molar-refractivity contribution in [3.63, 3.8) is 0 Å². The van der Waals surface area contributed by atoms with E-state index in [1.807, 2.05) is 44.2 Å². The Kier molecular flexibility index (Phi) is 6.94. The summed E-state index contributed by atoms with van der Waals surface area (Å²) in [6.45, 7) is 3.85. The van der Waals surface area contributed by atoms with Gasteiger partial charge in [-0.2, -0.15) is 0 Å². The van der Waals surface area contributed by atoms with Gasteiger partial charge in [0, 0.05) is 6.08 Å². The third-order valence-corrected chi connectivity index (χ3v) is 5.65. The van der Waals surface area contributed by atoms with E-state index in [-0.39, 0.29) is 0 Å². The summed E-state index contributed by atoms with van der Waals surface area (Å²) in [5.41, 5.74) is 3.79. The van der Waals surface area contributed by atoms with E-state index in [0.717, 1.165) is 16.1 Å². The minimum Gasteiger partial charge on any atom is -0.465 e. The molecular weight excluding hydrogens is 440 g/mol. The minimum atomic E-state index is -2.04. The molecule has 0 radical (unpaired) electrons. The van der Waals surface area contributed by atoms with E-state index < -0.39 is 17.4 Å². The van der Waals surface area contributed by atoms with Crippen LogP contribution in [0.4, 0.5) is 5.69 Å². The van der Waals surface area contributed by atoms with E-state index in [4.69, 9.17) is 4.42 Å². The predicted molar refractivity (Wildman–Crippen MR) is 135 cm³/mol. The largest absolute Gasteiger partial charge is 0.465 e. The molecule has 3 aromatic carbocycles. The number of aliphatic hydroxyl groups is 1. The van der Waals surface area contributed by atoms with Gasteiger partial charge in [-0.3, -0.25) is 15.0 Å². The molecule has 6 nitrogen and oxygen atoms in total. The average Bonchev–Trinajstić information content (AvgIpc) is 3.40. The molecule has 0 spiro atoms. The number of amides is 2. The molecule has 2 N–H and O–H groups in total. The molecule has 0 unspecified atom stereocenters. The summed E-state index contributed by atoms with van der Waals surface area (Å²) in [5, 5.41) is 13.0. The Balaban J connectivity index is 1.73. The van der Waals surface area contributed by atoms with Gasteiger partial charge in [0.1, 0.15) is 5.76 Å². The number of hydrogen-bond donors (Lipinski definition) is 2. The van der Waals surface area contributed by atoms with Crippen LogP contribution in [0.3, 0.4) is 0 Å². The Morgan fingerprint density at radius 2 is 1.40 bits per heavy atom. The monoisotopic (exact) mass is 466 g/mol. The maximum Gasteiger partial charge on any atom is 0.280 e. The predicted octanol–water partition coefficient (Wildman–Crippen LogP) is 4.91. The van der Waals surface area contributed by atoms with Crippen LogP contribution in [0, 0.1) is 13.8 Å². The highest BCUT2D eigenvalue weighted by atomic mass is 16.3. The number of furan rings is 1. The molecule has 0 bridgehead atoms. The molecule has 4 aromatic rings. The zero-order chi connectivity index (χ0) is 24.8. The smallest absolute Gasteiger partial charge is 0.280 e. The molecule has 0 saturated heterocycles. The lowest BCUT2D eigenvalue weighted by Gasteiger charge is -2.31. The first-order valence-corrected chi connectivity index (χ1v) is 11.2. The fourth-order valence-electron chi connectivity index (χ4n) is 3.64. The van der Waals surface area contributed by atoms with Gasteiger partial charge in [-0.25, -0.2) is 5.01 Å². The van der Waals surface area contributed by atoms with Gasteiger partial charge in [0.05, 0.1) is 12.0 Å². The molecule has 0 aliphatic rings. The number of para-hydroxylation sites is 1. The highest BCUT2D eigenvalue weighted by Crippen LogP contribution is 2.31. The normalized spacial score (nSPS) is 11.4. The average molecular weight is 467 g/mol. The van der Waals surface area contributed by atoms with E-state index in [0.29, 0.717) is 22.6 Å². The van der Waals surface area contributed by atoms with E-state index in [9.17, 15) is 14.7 Å². The van der Waals surface area contributed by atoms with E-state index in [1.54, 1.807) is 60.7 Å². The summed E-state index contributed by atoms with van der Waals surface area (Å²) < 4.78 is 5.25. The van der Waals surface area contributed by atoms with E-state index in [1.165, 1.54) is 18.4 Å². The highest BCUT2D eigenvalue weighted by molar-refractivity contribution is 6.06. The number of anilines is 1. The van der Waals surface area contributed by atoms with Gasteiger partial charge >= 0.3 is 0 Å². The molecule has 0 fully saturated rings. The standard InChI is InChI=1S/C29H26N2O4/c1-21-10-14-23(15-11-21)29(34,24-16-12-22(2)13-17-24)28(33)30-31(25-7-4-3-5-8-25)27(32)19-18-26-9-6-20-35-26/h3-20,34H,1-2H3,(H,30,33)/b19-18-. The van der Waals surface area contributed by atoms with Gasteiger partial charge in [-0.15, -0.1) is 0 Å². The number of aryl methyl sites for hydroxylation is 2. The van der Waals surface area contributed by atoms with Crippen LogP contribution in [-0.4, -0.2) is 16.9 Å². The van der Waals surface area contributed by atoms with Gasteiger partial charge in [0.25, 0.3) is 11.8 Å². The quantitative estimate of drug-likeness (QED) is 0.312. The Bertz CT molecular complexity index is 1260. The molecule has 176 valence electrons. The lowest BCUT2D eigenvalue weighted by molar-refractivity contribution is -0.138. The summed E-state index contributed by atoms with van der Waals surface area (Å²) in [6.07, 6.45) is 4.31. The fourth-order valence-corrected chi connectivity index (χ4v) is 3.64. The fraction of sp³-hybridized carbons (Fsp3) is 0.103. The lowest BCUT2D eigenvalue weighted by Crippen LogP contribution is -2.54. The molecule has 6 heteroatoms. The lowest BCUT2D eigenvalue weighted by atomic mass is 9.85. The number of nitrogens with one attached hydrogen (secondary N) is 1. The topological polar surface area (TPSA) is 82.8 Å². The summed E-state index contributed by atoms with van der Waals surface area (Å²) in [4.78, 5) is 26.9. The third kappa shape index (κ3) is 5.23. The van der Waals surface area contributed by atoms with Crippen LogP contribution >= 0.6 is 0 Å². The number of carbonyl (C=O) groups excluding carboxylic acids is 2. The second-order valence-electron chi connectivity index (χ2n) is 8.24. The van der Waals surface area contributed by atoms with Crippen LogP contribution in [0.1, 0.15) is 28.0 Å². The van der Waals surface area contributed by atoms with Gasteiger partial charge in [0.15, 0.2) is 5.60 Å². The molecule has 0 atom stereocenters. The Hall–Kier alpha value is -4.42. The number of hydrazine groups is 1. The van der Waals surface area contributed by atoms with Crippen molar-refractivity contribution in [1.29, 1.82) is 0 Å². The molecule has 0 saturated carbocycles. The molecule has 1 aromatic heterocycles. The van der Waals surface area contributed by atoms with Crippen LogP contribution < -0.4 is 10.4 Å². The zero-order valence-corrected chi connectivity index (χ0v) is 19.5. The summed E-state index contributed by atoms with van der Waals surface area (Å²) >= 11 is 0. The van der Waals surface area contributed by atoms with E-state index in [2.05, 4.69) is 5.43 Å². The van der Waals surface area contributed by atoms with Crippen LogP contribution in [0.2, 0.25) is 0 Å². The number of nitrogens with zero attached hydrogens (tertiary/aromatic N) is 1. The number of carbonyl (C=O) groups is 2. The molecule has 0 aliphatic heterocycles. The van der Waals surface area contributed by atoms with Crippen molar-refractivity contribution in [3.8, 4) is 0 Å². The number of rotatable bonds is 6. The first kappa shape index (κ1) is 23.7. The maximum absolute atomic E-state index is 13.8. The minimum absolute atomic E-state index is 0.385. The second kappa shape index (κ2) is 10.2. The van der Waals surface area contributed by atoms with E-state index >= 15 is 0 Å². The molecule has 0 aliphatic carbocycles. The van der Waals surface area contributed by atoms with Crippen molar-refractivity contribution in [2.45, 2.75) is 19.4 Å². The van der Waals surface area contributed by atoms with Gasteiger partial charge in [-0.1, -0.05) is 77.9 Å². The van der Waals surface area contributed by atoms with Crippen molar-refractivity contribution in [1.82, 2.24) is 5.43 Å². The SMILES string of the molecule is Cc1ccc(C(O)(C(=O)NN(C(=O)/C=C\c2ccco2)c2ccccc2)c2ccc(C)cc2)cc1. The van der Waals surface area contributed by atoms with Crippen molar-refractivity contribution >= 4 is 23.6 Å². The first-order chi connectivity index (χ1) is 16.9. The molecule has 35 heavy (non-hydrogen) atoms. The summed E-state index contributed by atoms with van der Waals surface area (Å²) in [7, 11) is 0. The Morgan fingerprint density at radius 1 is 0.829 bits per heavy atom. The number of benzene rings is 3. The van der Waals surface area contributed by atoms with Gasteiger partial charge < -0.3 is 9.52 Å². The second-order valence-corrected chi connectivity index (χ2v) is 8.24. The van der Waals surface area contributed by atoms with Crippen LogP contribution in [0.15, 0.2) is 108 Å².